The highest BCUT2D eigenvalue weighted by atomic mass is 32.1. The highest BCUT2D eigenvalue weighted by molar-refractivity contribution is 7.13. The van der Waals surface area contributed by atoms with Crippen molar-refractivity contribution in [2.75, 3.05) is 11.4 Å². The van der Waals surface area contributed by atoms with Crippen molar-refractivity contribution in [3.05, 3.63) is 11.6 Å². The van der Waals surface area contributed by atoms with Crippen LogP contribution >= 0.6 is 11.3 Å². The lowest BCUT2D eigenvalue weighted by Crippen LogP contribution is -2.43. The van der Waals surface area contributed by atoms with Crippen molar-refractivity contribution in [1.29, 1.82) is 0 Å². The second kappa shape index (κ2) is 5.16. The molecule has 0 saturated carbocycles. The number of carbonyl (C=O) groups excluding carboxylic acids is 2. The normalized spacial score (nSPS) is 19.6. The summed E-state index contributed by atoms with van der Waals surface area (Å²) in [6.45, 7) is 5.91. The van der Waals surface area contributed by atoms with Gasteiger partial charge in [-0.25, -0.2) is 9.78 Å². The molecule has 1 N–H and O–H groups in total. The number of aromatic nitrogens is 1. The number of nitrogens with one attached hydrogen (secondary N) is 1. The third-order valence-corrected chi connectivity index (χ3v) is 3.34. The van der Waals surface area contributed by atoms with E-state index >= 15 is 0 Å². The summed E-state index contributed by atoms with van der Waals surface area (Å²) in [4.78, 5) is 29.5. The smallest absolute Gasteiger partial charge is 0.408 e. The molecule has 0 radical (unpaired) electrons. The number of hydrogen-bond donors (Lipinski definition) is 1. The van der Waals surface area contributed by atoms with Crippen molar-refractivity contribution in [1.82, 2.24) is 10.3 Å². The molecule has 1 fully saturated rings. The Balaban J connectivity index is 1.94. The predicted octanol–water partition coefficient (Wildman–Crippen LogP) is 1.77. The molecule has 0 aromatic carbocycles. The molecule has 1 atom stereocenters. The van der Waals surface area contributed by atoms with E-state index in [1.807, 2.05) is 5.38 Å². The average molecular weight is 283 g/mol. The molecule has 2 rings (SSSR count). The number of carbonyl (C=O) groups is 2. The molecule has 1 aromatic heterocycles. The van der Waals surface area contributed by atoms with E-state index in [4.69, 9.17) is 4.74 Å². The molecule has 6 nitrogen and oxygen atoms in total. The highest BCUT2D eigenvalue weighted by Crippen LogP contribution is 2.23. The van der Waals surface area contributed by atoms with Crippen LogP contribution in [0.3, 0.4) is 0 Å². The second-order valence-corrected chi connectivity index (χ2v) is 6.17. The van der Waals surface area contributed by atoms with Crippen LogP contribution in [0.1, 0.15) is 27.2 Å². The van der Waals surface area contributed by atoms with E-state index in [2.05, 4.69) is 10.3 Å². The van der Waals surface area contributed by atoms with E-state index in [9.17, 15) is 9.59 Å². The van der Waals surface area contributed by atoms with Crippen molar-refractivity contribution < 1.29 is 14.3 Å². The second-order valence-electron chi connectivity index (χ2n) is 5.29. The molecule has 1 aliphatic heterocycles. The number of nitrogens with zero attached hydrogens (tertiary/aromatic N) is 2. The minimum absolute atomic E-state index is 0.138. The predicted molar refractivity (Wildman–Crippen MR) is 72.2 cm³/mol. The van der Waals surface area contributed by atoms with Crippen molar-refractivity contribution in [2.24, 2.45) is 0 Å². The highest BCUT2D eigenvalue weighted by Gasteiger charge is 2.35. The van der Waals surface area contributed by atoms with Gasteiger partial charge in [-0.1, -0.05) is 0 Å². The molecule has 2 heterocycles. The molecule has 1 aromatic rings. The van der Waals surface area contributed by atoms with Crippen LogP contribution in [0.2, 0.25) is 0 Å². The molecular weight excluding hydrogens is 266 g/mol. The quantitative estimate of drug-likeness (QED) is 0.898. The summed E-state index contributed by atoms with van der Waals surface area (Å²) in [6.07, 6.45) is 1.66. The number of anilines is 1. The van der Waals surface area contributed by atoms with Crippen LogP contribution in [0.15, 0.2) is 11.6 Å². The number of thiazole rings is 1. The van der Waals surface area contributed by atoms with Gasteiger partial charge in [0.2, 0.25) is 0 Å². The van der Waals surface area contributed by atoms with Crippen LogP contribution in [-0.4, -0.2) is 35.2 Å². The molecule has 1 saturated heterocycles. The van der Waals surface area contributed by atoms with E-state index < -0.39 is 17.7 Å². The van der Waals surface area contributed by atoms with E-state index in [1.165, 1.54) is 11.3 Å². The minimum atomic E-state index is -0.569. The summed E-state index contributed by atoms with van der Waals surface area (Å²) in [5, 5.41) is 5.08. The first-order valence-corrected chi connectivity index (χ1v) is 6.95. The molecule has 104 valence electrons. The lowest BCUT2D eigenvalue weighted by molar-refractivity contribution is -0.118. The lowest BCUT2D eigenvalue weighted by Gasteiger charge is -2.21. The zero-order valence-corrected chi connectivity index (χ0v) is 12.0. The Labute approximate surface area is 115 Å². The average Bonchev–Trinajstić information content (AvgIpc) is 2.87. The van der Waals surface area contributed by atoms with Crippen LogP contribution in [0.5, 0.6) is 0 Å². The fourth-order valence-electron chi connectivity index (χ4n) is 1.80. The van der Waals surface area contributed by atoms with Gasteiger partial charge in [0.1, 0.15) is 11.6 Å². The van der Waals surface area contributed by atoms with Crippen LogP contribution in [-0.2, 0) is 9.53 Å². The van der Waals surface area contributed by atoms with Gasteiger partial charge < -0.3 is 10.1 Å². The van der Waals surface area contributed by atoms with Gasteiger partial charge in [0.05, 0.1) is 0 Å². The Morgan fingerprint density at radius 2 is 2.32 bits per heavy atom. The van der Waals surface area contributed by atoms with Crippen LogP contribution in [0.25, 0.3) is 0 Å². The number of hydrogen-bond acceptors (Lipinski definition) is 5. The molecule has 0 unspecified atom stereocenters. The first-order chi connectivity index (χ1) is 8.87. The zero-order valence-electron chi connectivity index (χ0n) is 11.2. The SMILES string of the molecule is CC(C)(C)OC(=O)N[C@H]1CCN(c2nccs2)C1=O. The van der Waals surface area contributed by atoms with Crippen molar-refractivity contribution in [3.63, 3.8) is 0 Å². The van der Waals surface area contributed by atoms with Gasteiger partial charge in [-0.3, -0.25) is 9.69 Å². The van der Waals surface area contributed by atoms with E-state index in [-0.39, 0.29) is 5.91 Å². The van der Waals surface area contributed by atoms with Gasteiger partial charge >= 0.3 is 6.09 Å². The van der Waals surface area contributed by atoms with Gasteiger partial charge in [0, 0.05) is 18.1 Å². The first kappa shape index (κ1) is 13.8. The topological polar surface area (TPSA) is 71.5 Å². The van der Waals surface area contributed by atoms with Gasteiger partial charge in [0.15, 0.2) is 5.13 Å². The standard InChI is InChI=1S/C12H17N3O3S/c1-12(2,3)18-11(17)14-8-4-6-15(9(8)16)10-13-5-7-19-10/h5,7-8H,4,6H2,1-3H3,(H,14,17)/t8-/m0/s1. The molecule has 1 aliphatic rings. The largest absolute Gasteiger partial charge is 0.444 e. The van der Waals surface area contributed by atoms with Crippen LogP contribution in [0, 0.1) is 0 Å². The number of alkyl carbamates (subject to hydrolysis) is 1. The Morgan fingerprint density at radius 1 is 1.58 bits per heavy atom. The molecule has 0 bridgehead atoms. The minimum Gasteiger partial charge on any atom is -0.444 e. The maximum Gasteiger partial charge on any atom is 0.408 e. The summed E-state index contributed by atoms with van der Waals surface area (Å²) in [5.41, 5.74) is -0.569. The van der Waals surface area contributed by atoms with Crippen molar-refractivity contribution in [2.45, 2.75) is 38.8 Å². The monoisotopic (exact) mass is 283 g/mol. The maximum absolute atomic E-state index is 12.1. The number of rotatable bonds is 2. The molecule has 0 aliphatic carbocycles. The fourth-order valence-corrected chi connectivity index (χ4v) is 2.48. The van der Waals surface area contributed by atoms with Crippen LogP contribution in [0.4, 0.5) is 9.93 Å². The summed E-state index contributed by atoms with van der Waals surface area (Å²) in [6, 6.07) is -0.529. The molecular formula is C12H17N3O3S. The molecule has 19 heavy (non-hydrogen) atoms. The zero-order chi connectivity index (χ0) is 14.0. The Bertz CT molecular complexity index is 467. The summed E-state index contributed by atoms with van der Waals surface area (Å²) in [7, 11) is 0. The van der Waals surface area contributed by atoms with Crippen molar-refractivity contribution >= 4 is 28.5 Å². The van der Waals surface area contributed by atoms with E-state index in [0.717, 1.165) is 0 Å². The van der Waals surface area contributed by atoms with Gasteiger partial charge in [-0.2, -0.15) is 0 Å². The summed E-state index contributed by atoms with van der Waals surface area (Å²) >= 11 is 1.40. The summed E-state index contributed by atoms with van der Waals surface area (Å²) in [5.74, 6) is -0.138. The third-order valence-electron chi connectivity index (χ3n) is 2.55. The Morgan fingerprint density at radius 3 is 2.89 bits per heavy atom. The maximum atomic E-state index is 12.1. The van der Waals surface area contributed by atoms with Crippen LogP contribution < -0.4 is 10.2 Å². The van der Waals surface area contributed by atoms with Gasteiger partial charge in [-0.05, 0) is 27.2 Å². The number of amides is 2. The van der Waals surface area contributed by atoms with Crippen molar-refractivity contribution in [3.8, 4) is 0 Å². The lowest BCUT2D eigenvalue weighted by atomic mass is 10.2. The first-order valence-electron chi connectivity index (χ1n) is 6.07. The summed E-state index contributed by atoms with van der Waals surface area (Å²) < 4.78 is 5.14. The molecule has 7 heteroatoms. The third kappa shape index (κ3) is 3.44. The molecule has 2 amide bonds. The number of ether oxygens (including phenoxy) is 1. The van der Waals surface area contributed by atoms with Gasteiger partial charge in [-0.15, -0.1) is 11.3 Å². The molecule has 0 spiro atoms. The van der Waals surface area contributed by atoms with Gasteiger partial charge in [0.25, 0.3) is 5.91 Å². The fraction of sp³-hybridized carbons (Fsp3) is 0.583. The Kier molecular flexibility index (Phi) is 3.75. The van der Waals surface area contributed by atoms with E-state index in [0.29, 0.717) is 18.1 Å². The van der Waals surface area contributed by atoms with E-state index in [1.54, 1.807) is 31.9 Å². The Hall–Kier alpha value is -1.63.